The van der Waals surface area contributed by atoms with Gasteiger partial charge in [0.05, 0.1) is 5.41 Å². The van der Waals surface area contributed by atoms with Crippen LogP contribution in [0.1, 0.15) is 40.5 Å². The minimum Gasteiger partial charge on any atom is -0.444 e. The third-order valence-corrected chi connectivity index (χ3v) is 4.17. The summed E-state index contributed by atoms with van der Waals surface area (Å²) in [6, 6.07) is 0. The number of amides is 2. The molecule has 1 saturated carbocycles. The molecule has 116 valence electrons. The summed E-state index contributed by atoms with van der Waals surface area (Å²) < 4.78 is 4.13. The van der Waals surface area contributed by atoms with Crippen molar-refractivity contribution in [2.45, 2.75) is 50.5 Å². The van der Waals surface area contributed by atoms with Crippen molar-refractivity contribution in [3.05, 3.63) is 0 Å². The maximum absolute atomic E-state index is 11.8. The molecule has 2 amide bonds. The van der Waals surface area contributed by atoms with E-state index in [1.54, 1.807) is 27.7 Å². The van der Waals surface area contributed by atoms with Gasteiger partial charge in [0.15, 0.2) is 0 Å². The van der Waals surface area contributed by atoms with Crippen molar-refractivity contribution in [1.82, 2.24) is 10.6 Å². The van der Waals surface area contributed by atoms with Gasteiger partial charge in [-0.15, -0.1) is 23.2 Å². The molecule has 20 heavy (non-hydrogen) atoms. The summed E-state index contributed by atoms with van der Waals surface area (Å²) in [4.78, 5) is 23.2. The molecule has 0 saturated heterocycles. The van der Waals surface area contributed by atoms with Gasteiger partial charge in [0.1, 0.15) is 9.93 Å². The molecule has 0 aromatic carbocycles. The Morgan fingerprint density at radius 1 is 1.20 bits per heavy atom. The molecule has 0 radical (unpaired) electrons. The third kappa shape index (κ3) is 4.70. The molecule has 0 aromatic rings. The first-order valence-corrected chi connectivity index (χ1v) is 7.36. The lowest BCUT2D eigenvalue weighted by atomic mass is 10.1. The zero-order chi connectivity index (χ0) is 15.6. The fourth-order valence-corrected chi connectivity index (χ4v) is 2.34. The van der Waals surface area contributed by atoms with Crippen LogP contribution in [-0.4, -0.2) is 35.0 Å². The summed E-state index contributed by atoms with van der Waals surface area (Å²) in [5.41, 5.74) is -1.21. The number of carbonyl (C=O) groups excluding carboxylic acids is 2. The smallest absolute Gasteiger partial charge is 0.407 e. The van der Waals surface area contributed by atoms with E-state index >= 15 is 0 Å². The minimum atomic E-state index is -0.953. The second-order valence-electron chi connectivity index (χ2n) is 6.25. The SMILES string of the molecule is CC(C)(C)OC(=O)NCCCNC(=O)[C@]1(C)CC1(Cl)Cl. The molecule has 0 unspecified atom stereocenters. The van der Waals surface area contributed by atoms with E-state index in [1.807, 2.05) is 0 Å². The van der Waals surface area contributed by atoms with Crippen LogP contribution in [0.3, 0.4) is 0 Å². The topological polar surface area (TPSA) is 67.4 Å². The fourth-order valence-electron chi connectivity index (χ4n) is 1.64. The highest BCUT2D eigenvalue weighted by atomic mass is 35.5. The number of alkyl halides is 2. The first-order chi connectivity index (χ1) is 8.98. The van der Waals surface area contributed by atoms with Gasteiger partial charge in [-0.3, -0.25) is 4.79 Å². The molecule has 1 atom stereocenters. The fraction of sp³-hybridized carbons (Fsp3) is 0.846. The lowest BCUT2D eigenvalue weighted by Gasteiger charge is -2.19. The predicted molar refractivity (Wildman–Crippen MR) is 79.0 cm³/mol. The Labute approximate surface area is 129 Å². The molecule has 1 aliphatic rings. The Hall–Kier alpha value is -0.680. The number of carbonyl (C=O) groups is 2. The molecule has 5 nitrogen and oxygen atoms in total. The van der Waals surface area contributed by atoms with Gasteiger partial charge in [-0.25, -0.2) is 4.79 Å². The van der Waals surface area contributed by atoms with Gasteiger partial charge >= 0.3 is 6.09 Å². The highest BCUT2D eigenvalue weighted by Crippen LogP contribution is 2.63. The largest absolute Gasteiger partial charge is 0.444 e. The number of rotatable bonds is 5. The Morgan fingerprint density at radius 3 is 2.15 bits per heavy atom. The van der Waals surface area contributed by atoms with Crippen LogP contribution in [0.4, 0.5) is 4.79 Å². The van der Waals surface area contributed by atoms with Gasteiger partial charge in [-0.2, -0.15) is 0 Å². The van der Waals surface area contributed by atoms with Crippen LogP contribution in [0.2, 0.25) is 0 Å². The third-order valence-electron chi connectivity index (χ3n) is 3.07. The number of ether oxygens (including phenoxy) is 1. The molecule has 0 heterocycles. The number of nitrogens with one attached hydrogen (secondary N) is 2. The lowest BCUT2D eigenvalue weighted by Crippen LogP contribution is -2.36. The summed E-state index contributed by atoms with van der Waals surface area (Å²) in [6.45, 7) is 8.02. The first kappa shape index (κ1) is 17.4. The van der Waals surface area contributed by atoms with E-state index in [-0.39, 0.29) is 5.91 Å². The molecule has 0 aromatic heterocycles. The van der Waals surface area contributed by atoms with Crippen molar-refractivity contribution in [2.75, 3.05) is 13.1 Å². The quantitative estimate of drug-likeness (QED) is 0.603. The van der Waals surface area contributed by atoms with E-state index in [2.05, 4.69) is 10.6 Å². The molecule has 0 aliphatic heterocycles. The first-order valence-electron chi connectivity index (χ1n) is 6.61. The second-order valence-corrected chi connectivity index (χ2v) is 7.74. The lowest BCUT2D eigenvalue weighted by molar-refractivity contribution is -0.125. The normalized spacial score (nSPS) is 23.9. The summed E-state index contributed by atoms with van der Waals surface area (Å²) in [5, 5.41) is 5.38. The van der Waals surface area contributed by atoms with Gasteiger partial charge in [0.25, 0.3) is 0 Å². The zero-order valence-electron chi connectivity index (χ0n) is 12.3. The maximum Gasteiger partial charge on any atom is 0.407 e. The van der Waals surface area contributed by atoms with Crippen LogP contribution in [0.25, 0.3) is 0 Å². The van der Waals surface area contributed by atoms with Crippen molar-refractivity contribution in [2.24, 2.45) is 5.41 Å². The van der Waals surface area contributed by atoms with E-state index < -0.39 is 21.4 Å². The zero-order valence-corrected chi connectivity index (χ0v) is 13.8. The van der Waals surface area contributed by atoms with Gasteiger partial charge in [0.2, 0.25) is 5.91 Å². The molecule has 7 heteroatoms. The molecular formula is C13H22Cl2N2O3. The molecule has 2 N–H and O–H groups in total. The Morgan fingerprint density at radius 2 is 1.70 bits per heavy atom. The van der Waals surface area contributed by atoms with Crippen LogP contribution in [0, 0.1) is 5.41 Å². The highest BCUT2D eigenvalue weighted by molar-refractivity contribution is 6.53. The van der Waals surface area contributed by atoms with E-state index in [1.165, 1.54) is 0 Å². The number of halogens is 2. The summed E-state index contributed by atoms with van der Waals surface area (Å²) in [6.07, 6.45) is 0.613. The number of hydrogen-bond acceptors (Lipinski definition) is 3. The van der Waals surface area contributed by atoms with E-state index in [4.69, 9.17) is 27.9 Å². The van der Waals surface area contributed by atoms with E-state index in [0.29, 0.717) is 25.9 Å². The summed E-state index contributed by atoms with van der Waals surface area (Å²) in [7, 11) is 0. The highest BCUT2D eigenvalue weighted by Gasteiger charge is 2.67. The van der Waals surface area contributed by atoms with Crippen LogP contribution in [-0.2, 0) is 9.53 Å². The van der Waals surface area contributed by atoms with Crippen molar-refractivity contribution in [3.63, 3.8) is 0 Å². The summed E-state index contributed by atoms with van der Waals surface area (Å²) in [5.74, 6) is -0.153. The average Bonchev–Trinajstić information content (AvgIpc) is 2.76. The number of hydrogen-bond donors (Lipinski definition) is 2. The van der Waals surface area contributed by atoms with Crippen LogP contribution in [0.5, 0.6) is 0 Å². The monoisotopic (exact) mass is 324 g/mol. The molecule has 1 fully saturated rings. The molecule has 1 rings (SSSR count). The summed E-state index contributed by atoms with van der Waals surface area (Å²) >= 11 is 11.8. The van der Waals surface area contributed by atoms with Crippen molar-refractivity contribution in [1.29, 1.82) is 0 Å². The van der Waals surface area contributed by atoms with Gasteiger partial charge in [0, 0.05) is 13.1 Å². The Kier molecular flexibility index (Phi) is 5.19. The van der Waals surface area contributed by atoms with E-state index in [0.717, 1.165) is 0 Å². The number of alkyl carbamates (subject to hydrolysis) is 1. The van der Waals surface area contributed by atoms with Gasteiger partial charge < -0.3 is 15.4 Å². The van der Waals surface area contributed by atoms with Crippen LogP contribution < -0.4 is 10.6 Å². The standard InChI is InChI=1S/C13H22Cl2N2O3/c1-11(2,3)20-10(19)17-7-5-6-16-9(18)12(4)8-13(12,14)15/h5-8H2,1-4H3,(H,16,18)(H,17,19)/t12-/m0/s1. The Bertz CT molecular complexity index is 394. The minimum absolute atomic E-state index is 0.153. The van der Waals surface area contributed by atoms with Crippen LogP contribution in [0.15, 0.2) is 0 Å². The van der Waals surface area contributed by atoms with E-state index in [9.17, 15) is 9.59 Å². The molecule has 0 spiro atoms. The molecular weight excluding hydrogens is 303 g/mol. The maximum atomic E-state index is 11.8. The van der Waals surface area contributed by atoms with Gasteiger partial charge in [-0.05, 0) is 40.5 Å². The predicted octanol–water partition coefficient (Wildman–Crippen LogP) is 2.60. The van der Waals surface area contributed by atoms with Crippen molar-refractivity contribution < 1.29 is 14.3 Å². The molecule has 0 bridgehead atoms. The van der Waals surface area contributed by atoms with Gasteiger partial charge in [-0.1, -0.05) is 0 Å². The Balaban J connectivity index is 2.12. The second kappa shape index (κ2) is 5.98. The van der Waals surface area contributed by atoms with Crippen molar-refractivity contribution in [3.8, 4) is 0 Å². The van der Waals surface area contributed by atoms with Crippen LogP contribution >= 0.6 is 23.2 Å². The van der Waals surface area contributed by atoms with Crippen molar-refractivity contribution >= 4 is 35.2 Å². The average molecular weight is 325 g/mol. The molecule has 1 aliphatic carbocycles.